The van der Waals surface area contributed by atoms with Crippen LogP contribution in [0.2, 0.25) is 0 Å². The average Bonchev–Trinajstić information content (AvgIpc) is 2.89. The minimum absolute atomic E-state index is 0.0487. The van der Waals surface area contributed by atoms with Crippen LogP contribution in [0.5, 0.6) is 5.75 Å². The van der Waals surface area contributed by atoms with Crippen molar-refractivity contribution in [2.24, 2.45) is 5.92 Å². The summed E-state index contributed by atoms with van der Waals surface area (Å²) in [6, 6.07) is 8.05. The smallest absolute Gasteiger partial charge is 0.409 e. The number of nitrogens with one attached hydrogen (secondary N) is 1. The van der Waals surface area contributed by atoms with Crippen molar-refractivity contribution in [1.29, 1.82) is 0 Å². The average molecular weight is 517 g/mol. The molecule has 3 amide bonds. The summed E-state index contributed by atoms with van der Waals surface area (Å²) in [6.07, 6.45) is -0.639. The van der Waals surface area contributed by atoms with Gasteiger partial charge in [0.1, 0.15) is 17.4 Å². The molecule has 13 heteroatoms. The summed E-state index contributed by atoms with van der Waals surface area (Å²) in [5, 5.41) is 21.6. The summed E-state index contributed by atoms with van der Waals surface area (Å²) in [4.78, 5) is 67.2. The van der Waals surface area contributed by atoms with E-state index in [1.54, 1.807) is 31.2 Å². The molecule has 3 rings (SSSR count). The van der Waals surface area contributed by atoms with E-state index in [-0.39, 0.29) is 57.2 Å². The van der Waals surface area contributed by atoms with Gasteiger partial charge < -0.3 is 34.8 Å². The number of amides is 3. The Bertz CT molecular complexity index is 1180. The third-order valence-corrected chi connectivity index (χ3v) is 5.69. The number of carbonyl (C=O) groups excluding carboxylic acids is 3. The molecule has 1 saturated heterocycles. The van der Waals surface area contributed by atoms with Crippen LogP contribution in [0, 0.1) is 5.92 Å². The van der Waals surface area contributed by atoms with Crippen molar-refractivity contribution in [3.63, 3.8) is 0 Å². The first kappa shape index (κ1) is 27.2. The fourth-order valence-corrected chi connectivity index (χ4v) is 3.84. The Labute approximate surface area is 211 Å². The quantitative estimate of drug-likeness (QED) is 0.383. The lowest BCUT2D eigenvalue weighted by Crippen LogP contribution is -2.53. The van der Waals surface area contributed by atoms with Crippen molar-refractivity contribution < 1.29 is 43.7 Å². The first-order valence-electron chi connectivity index (χ1n) is 11.7. The number of piperazine rings is 1. The van der Waals surface area contributed by atoms with Crippen LogP contribution in [0.4, 0.5) is 4.79 Å². The molecule has 0 bridgehead atoms. The summed E-state index contributed by atoms with van der Waals surface area (Å²) in [5.41, 5.74) is 0.364. The Morgan fingerprint density at radius 3 is 2.38 bits per heavy atom. The highest BCUT2D eigenvalue weighted by atomic mass is 16.6. The molecular formula is C24H28N4O9. The van der Waals surface area contributed by atoms with E-state index in [1.165, 1.54) is 15.9 Å². The topological polar surface area (TPSA) is 176 Å². The zero-order chi connectivity index (χ0) is 26.9. The number of benzene rings is 1. The van der Waals surface area contributed by atoms with Gasteiger partial charge in [0, 0.05) is 44.2 Å². The van der Waals surface area contributed by atoms with Gasteiger partial charge in [-0.05, 0) is 25.5 Å². The van der Waals surface area contributed by atoms with Crippen LogP contribution < -0.4 is 10.1 Å². The van der Waals surface area contributed by atoms with Gasteiger partial charge in [0.05, 0.1) is 12.1 Å². The number of hydrogen-bond donors (Lipinski definition) is 3. The molecule has 0 aliphatic carbocycles. The van der Waals surface area contributed by atoms with Gasteiger partial charge >= 0.3 is 18.0 Å². The van der Waals surface area contributed by atoms with E-state index in [2.05, 4.69) is 10.3 Å². The summed E-state index contributed by atoms with van der Waals surface area (Å²) in [7, 11) is 0. The molecule has 1 atom stereocenters. The number of carboxylic acid groups (broad SMARTS) is 2. The second kappa shape index (κ2) is 12.5. The van der Waals surface area contributed by atoms with E-state index in [0.29, 0.717) is 10.9 Å². The predicted octanol–water partition coefficient (Wildman–Crippen LogP) is 0.820. The van der Waals surface area contributed by atoms with Gasteiger partial charge in [-0.25, -0.2) is 14.6 Å². The molecule has 198 valence electrons. The van der Waals surface area contributed by atoms with Crippen molar-refractivity contribution >= 4 is 40.7 Å². The molecule has 1 aromatic heterocycles. The van der Waals surface area contributed by atoms with Crippen molar-refractivity contribution in [2.45, 2.75) is 13.3 Å². The zero-order valence-electron chi connectivity index (χ0n) is 20.2. The van der Waals surface area contributed by atoms with Gasteiger partial charge in [-0.3, -0.25) is 14.4 Å². The molecule has 37 heavy (non-hydrogen) atoms. The SMILES string of the molecule is CCOC(=O)N1CCN(C(=O)C(CCNC(=O)c2cc(OCC(=O)O)c3ccccc3n2)C(=O)O)CC1. The Hall–Kier alpha value is -4.42. The van der Waals surface area contributed by atoms with Gasteiger partial charge in [0.2, 0.25) is 5.91 Å². The summed E-state index contributed by atoms with van der Waals surface area (Å²) in [5.74, 6) is -4.95. The number of pyridine rings is 1. The maximum atomic E-state index is 12.8. The largest absolute Gasteiger partial charge is 0.481 e. The van der Waals surface area contributed by atoms with Crippen molar-refractivity contribution in [1.82, 2.24) is 20.1 Å². The third kappa shape index (κ3) is 7.06. The molecule has 2 heterocycles. The molecule has 1 aliphatic heterocycles. The number of aromatic nitrogens is 1. The summed E-state index contributed by atoms with van der Waals surface area (Å²) >= 11 is 0. The lowest BCUT2D eigenvalue weighted by molar-refractivity contribution is -0.152. The molecule has 0 spiro atoms. The second-order valence-corrected chi connectivity index (χ2v) is 8.15. The Kier molecular flexibility index (Phi) is 9.19. The van der Waals surface area contributed by atoms with E-state index in [0.717, 1.165) is 0 Å². The maximum absolute atomic E-state index is 12.8. The maximum Gasteiger partial charge on any atom is 0.409 e. The molecular weight excluding hydrogens is 488 g/mol. The minimum Gasteiger partial charge on any atom is -0.481 e. The Morgan fingerprint density at radius 1 is 1.05 bits per heavy atom. The van der Waals surface area contributed by atoms with Crippen LogP contribution in [-0.2, 0) is 19.1 Å². The molecule has 0 radical (unpaired) electrons. The third-order valence-electron chi connectivity index (χ3n) is 5.69. The lowest BCUT2D eigenvalue weighted by Gasteiger charge is -2.35. The first-order valence-corrected chi connectivity index (χ1v) is 11.7. The number of rotatable bonds is 10. The van der Waals surface area contributed by atoms with E-state index < -0.39 is 42.4 Å². The van der Waals surface area contributed by atoms with Crippen molar-refractivity contribution in [3.8, 4) is 5.75 Å². The molecule has 13 nitrogen and oxygen atoms in total. The first-order chi connectivity index (χ1) is 17.7. The summed E-state index contributed by atoms with van der Waals surface area (Å²) < 4.78 is 10.2. The zero-order valence-corrected chi connectivity index (χ0v) is 20.2. The number of ether oxygens (including phenoxy) is 2. The number of hydrogen-bond acceptors (Lipinski definition) is 8. The second-order valence-electron chi connectivity index (χ2n) is 8.15. The standard InChI is InChI=1S/C24H28N4O9/c1-2-36-24(35)28-11-9-27(10-12-28)22(32)16(23(33)34)7-8-25-21(31)18-13-19(37-14-20(29)30)15-5-3-4-6-17(15)26-18/h3-6,13,16H,2,7-12,14H2,1H3,(H,25,31)(H,29,30)(H,33,34). The van der Waals surface area contributed by atoms with Crippen LogP contribution in [0.1, 0.15) is 23.8 Å². The molecule has 2 aromatic rings. The number of aliphatic carboxylic acids is 2. The van der Waals surface area contributed by atoms with Crippen LogP contribution >= 0.6 is 0 Å². The van der Waals surface area contributed by atoms with Crippen LogP contribution in [0.3, 0.4) is 0 Å². The van der Waals surface area contributed by atoms with Gasteiger partial charge in [-0.15, -0.1) is 0 Å². The van der Waals surface area contributed by atoms with E-state index in [4.69, 9.17) is 14.6 Å². The fraction of sp³-hybridized carbons (Fsp3) is 0.417. The monoisotopic (exact) mass is 516 g/mol. The van der Waals surface area contributed by atoms with Crippen molar-refractivity contribution in [2.75, 3.05) is 45.9 Å². The van der Waals surface area contributed by atoms with E-state index >= 15 is 0 Å². The highest BCUT2D eigenvalue weighted by Crippen LogP contribution is 2.25. The molecule has 1 fully saturated rings. The molecule has 0 saturated carbocycles. The van der Waals surface area contributed by atoms with Gasteiger partial charge in [0.15, 0.2) is 6.61 Å². The highest BCUT2D eigenvalue weighted by molar-refractivity contribution is 5.98. The lowest BCUT2D eigenvalue weighted by atomic mass is 10.0. The van der Waals surface area contributed by atoms with E-state index in [9.17, 15) is 29.1 Å². The molecule has 1 aliphatic rings. The van der Waals surface area contributed by atoms with Gasteiger partial charge in [0.25, 0.3) is 5.91 Å². The van der Waals surface area contributed by atoms with E-state index in [1.807, 2.05) is 0 Å². The molecule has 1 unspecified atom stereocenters. The minimum atomic E-state index is -1.38. The van der Waals surface area contributed by atoms with Gasteiger partial charge in [-0.2, -0.15) is 0 Å². The summed E-state index contributed by atoms with van der Waals surface area (Å²) in [6.45, 7) is 2.00. The number of carbonyl (C=O) groups is 5. The number of fused-ring (bicyclic) bond motifs is 1. The number of carboxylic acids is 2. The van der Waals surface area contributed by atoms with Crippen LogP contribution in [0.25, 0.3) is 10.9 Å². The normalized spacial score (nSPS) is 14.1. The van der Waals surface area contributed by atoms with Crippen molar-refractivity contribution in [3.05, 3.63) is 36.0 Å². The number of nitrogens with zero attached hydrogens (tertiary/aromatic N) is 3. The van der Waals surface area contributed by atoms with Crippen LogP contribution in [0.15, 0.2) is 30.3 Å². The highest BCUT2D eigenvalue weighted by Gasteiger charge is 2.33. The Morgan fingerprint density at radius 2 is 1.73 bits per heavy atom. The predicted molar refractivity (Wildman–Crippen MR) is 128 cm³/mol. The fourth-order valence-electron chi connectivity index (χ4n) is 3.84. The van der Waals surface area contributed by atoms with Crippen LogP contribution in [-0.4, -0.2) is 101 Å². The molecule has 1 aromatic carbocycles. The number of para-hydroxylation sites is 1. The van der Waals surface area contributed by atoms with Gasteiger partial charge in [-0.1, -0.05) is 12.1 Å². The Balaban J connectivity index is 1.60. The molecule has 3 N–H and O–H groups in total.